The van der Waals surface area contributed by atoms with E-state index in [-0.39, 0.29) is 0 Å². The van der Waals surface area contributed by atoms with Crippen LogP contribution in [0.5, 0.6) is 0 Å². The van der Waals surface area contributed by atoms with E-state index in [1.807, 2.05) is 0 Å². The fraction of sp³-hybridized carbons (Fsp3) is 0.556. The Bertz CT molecular complexity index is 148. The van der Waals surface area contributed by atoms with Crippen molar-refractivity contribution < 1.29 is 5.11 Å². The van der Waals surface area contributed by atoms with Gasteiger partial charge in [-0.15, -0.1) is 6.58 Å². The molecule has 1 nitrogen and oxygen atoms in total. The molecule has 0 saturated heterocycles. The van der Waals surface area contributed by atoms with Crippen LogP contribution >= 0.6 is 0 Å². The summed E-state index contributed by atoms with van der Waals surface area (Å²) < 4.78 is 0. The molecule has 0 unspecified atom stereocenters. The highest BCUT2D eigenvalue weighted by atomic mass is 16.3. The standard InChI is InChI=1S/C9H14O/c1-3-9(10)6-4-8(2)5-7-9/h3,10H,1-2,4-7H2. The highest BCUT2D eigenvalue weighted by molar-refractivity contribution is 5.08. The fourth-order valence-electron chi connectivity index (χ4n) is 1.24. The molecule has 10 heavy (non-hydrogen) atoms. The quantitative estimate of drug-likeness (QED) is 0.550. The second-order valence-electron chi connectivity index (χ2n) is 3.06. The molecular weight excluding hydrogens is 124 g/mol. The summed E-state index contributed by atoms with van der Waals surface area (Å²) in [5.41, 5.74) is 0.660. The summed E-state index contributed by atoms with van der Waals surface area (Å²) in [7, 11) is 0. The van der Waals surface area contributed by atoms with Crippen molar-refractivity contribution in [1.82, 2.24) is 0 Å². The number of rotatable bonds is 1. The maximum Gasteiger partial charge on any atom is 0.0831 e. The zero-order valence-electron chi connectivity index (χ0n) is 6.27. The Morgan fingerprint density at radius 2 is 1.90 bits per heavy atom. The highest BCUT2D eigenvalue weighted by Gasteiger charge is 2.26. The first-order valence-corrected chi connectivity index (χ1v) is 3.69. The minimum absolute atomic E-state index is 0.596. The highest BCUT2D eigenvalue weighted by Crippen LogP contribution is 2.30. The van der Waals surface area contributed by atoms with Gasteiger partial charge in [0.05, 0.1) is 5.60 Å². The van der Waals surface area contributed by atoms with Crippen LogP contribution in [0.2, 0.25) is 0 Å². The summed E-state index contributed by atoms with van der Waals surface area (Å²) >= 11 is 0. The molecule has 0 heterocycles. The molecule has 0 amide bonds. The van der Waals surface area contributed by atoms with Crippen molar-refractivity contribution >= 4 is 0 Å². The molecule has 0 bridgehead atoms. The minimum atomic E-state index is -0.596. The molecule has 1 N–H and O–H groups in total. The molecule has 1 rings (SSSR count). The van der Waals surface area contributed by atoms with Gasteiger partial charge in [-0.3, -0.25) is 0 Å². The van der Waals surface area contributed by atoms with Crippen LogP contribution in [0.3, 0.4) is 0 Å². The summed E-state index contributed by atoms with van der Waals surface area (Å²) in [5, 5.41) is 9.64. The van der Waals surface area contributed by atoms with Gasteiger partial charge in [-0.05, 0) is 25.7 Å². The Labute approximate surface area is 62.1 Å². The third-order valence-electron chi connectivity index (χ3n) is 2.20. The number of hydrogen-bond acceptors (Lipinski definition) is 1. The first kappa shape index (κ1) is 7.55. The van der Waals surface area contributed by atoms with E-state index in [4.69, 9.17) is 0 Å². The monoisotopic (exact) mass is 138 g/mol. The Morgan fingerprint density at radius 3 is 2.30 bits per heavy atom. The van der Waals surface area contributed by atoms with Gasteiger partial charge in [0, 0.05) is 0 Å². The van der Waals surface area contributed by atoms with Gasteiger partial charge in [0.2, 0.25) is 0 Å². The van der Waals surface area contributed by atoms with Gasteiger partial charge < -0.3 is 5.11 Å². The Morgan fingerprint density at radius 1 is 1.40 bits per heavy atom. The molecule has 56 valence electrons. The summed E-state index contributed by atoms with van der Waals surface area (Å²) in [6, 6.07) is 0. The minimum Gasteiger partial charge on any atom is -0.386 e. The largest absolute Gasteiger partial charge is 0.386 e. The Kier molecular flexibility index (Phi) is 1.95. The van der Waals surface area contributed by atoms with Crippen LogP contribution in [0.1, 0.15) is 25.7 Å². The number of allylic oxidation sites excluding steroid dienone is 1. The molecule has 0 radical (unpaired) electrons. The van der Waals surface area contributed by atoms with Crippen LogP contribution in [0.4, 0.5) is 0 Å². The van der Waals surface area contributed by atoms with Crippen molar-refractivity contribution in [2.45, 2.75) is 31.3 Å². The molecule has 1 fully saturated rings. The molecular formula is C9H14O. The number of aliphatic hydroxyl groups is 1. The lowest BCUT2D eigenvalue weighted by molar-refractivity contribution is 0.0629. The summed E-state index contributed by atoms with van der Waals surface area (Å²) in [6.07, 6.45) is 5.15. The van der Waals surface area contributed by atoms with E-state index in [0.717, 1.165) is 25.7 Å². The van der Waals surface area contributed by atoms with Gasteiger partial charge in [-0.1, -0.05) is 18.2 Å². The van der Waals surface area contributed by atoms with Crippen molar-refractivity contribution in [2.75, 3.05) is 0 Å². The lowest BCUT2D eigenvalue weighted by Crippen LogP contribution is -2.28. The Balaban J connectivity index is 2.53. The van der Waals surface area contributed by atoms with Crippen LogP contribution in [-0.4, -0.2) is 10.7 Å². The SMILES string of the molecule is C=CC1(O)CCC(=C)CC1. The van der Waals surface area contributed by atoms with Gasteiger partial charge in [0.25, 0.3) is 0 Å². The van der Waals surface area contributed by atoms with E-state index >= 15 is 0 Å². The van der Waals surface area contributed by atoms with Crippen molar-refractivity contribution in [1.29, 1.82) is 0 Å². The molecule has 0 aromatic rings. The average molecular weight is 138 g/mol. The van der Waals surface area contributed by atoms with Crippen molar-refractivity contribution in [3.8, 4) is 0 Å². The zero-order chi connectivity index (χ0) is 7.61. The van der Waals surface area contributed by atoms with Crippen LogP contribution in [0.15, 0.2) is 24.8 Å². The van der Waals surface area contributed by atoms with E-state index in [2.05, 4.69) is 13.2 Å². The number of hydrogen-bond donors (Lipinski definition) is 1. The zero-order valence-corrected chi connectivity index (χ0v) is 6.27. The fourth-order valence-corrected chi connectivity index (χ4v) is 1.24. The van der Waals surface area contributed by atoms with E-state index in [1.54, 1.807) is 6.08 Å². The van der Waals surface area contributed by atoms with Gasteiger partial charge in [0.1, 0.15) is 0 Å². The van der Waals surface area contributed by atoms with Crippen LogP contribution in [0.25, 0.3) is 0 Å². The van der Waals surface area contributed by atoms with Gasteiger partial charge >= 0.3 is 0 Å². The molecule has 1 aliphatic carbocycles. The van der Waals surface area contributed by atoms with Crippen LogP contribution in [-0.2, 0) is 0 Å². The normalized spacial score (nSPS) is 24.3. The van der Waals surface area contributed by atoms with Gasteiger partial charge in [0.15, 0.2) is 0 Å². The maximum absolute atomic E-state index is 9.64. The van der Waals surface area contributed by atoms with Crippen molar-refractivity contribution in [3.05, 3.63) is 24.8 Å². The first-order chi connectivity index (χ1) is 4.66. The molecule has 1 aliphatic rings. The third-order valence-corrected chi connectivity index (χ3v) is 2.20. The topological polar surface area (TPSA) is 20.2 Å². The lowest BCUT2D eigenvalue weighted by Gasteiger charge is -2.29. The second kappa shape index (κ2) is 2.59. The van der Waals surface area contributed by atoms with E-state index < -0.39 is 5.60 Å². The summed E-state index contributed by atoms with van der Waals surface area (Å²) in [5.74, 6) is 0. The third kappa shape index (κ3) is 1.48. The van der Waals surface area contributed by atoms with Gasteiger partial charge in [-0.25, -0.2) is 0 Å². The molecule has 1 saturated carbocycles. The van der Waals surface area contributed by atoms with Crippen LogP contribution in [0, 0.1) is 0 Å². The van der Waals surface area contributed by atoms with E-state index in [1.165, 1.54) is 5.57 Å². The molecule has 0 aromatic carbocycles. The summed E-state index contributed by atoms with van der Waals surface area (Å²) in [6.45, 7) is 7.47. The predicted molar refractivity (Wildman–Crippen MR) is 42.8 cm³/mol. The lowest BCUT2D eigenvalue weighted by atomic mass is 9.83. The predicted octanol–water partition coefficient (Wildman–Crippen LogP) is 2.03. The van der Waals surface area contributed by atoms with Gasteiger partial charge in [-0.2, -0.15) is 0 Å². The van der Waals surface area contributed by atoms with Crippen molar-refractivity contribution in [2.24, 2.45) is 0 Å². The Hall–Kier alpha value is -0.560. The van der Waals surface area contributed by atoms with Crippen molar-refractivity contribution in [3.63, 3.8) is 0 Å². The smallest absolute Gasteiger partial charge is 0.0831 e. The van der Waals surface area contributed by atoms with E-state index in [9.17, 15) is 5.11 Å². The van der Waals surface area contributed by atoms with E-state index in [0.29, 0.717) is 0 Å². The molecule has 0 aromatic heterocycles. The maximum atomic E-state index is 9.64. The first-order valence-electron chi connectivity index (χ1n) is 3.69. The molecule has 1 heteroatoms. The van der Waals surface area contributed by atoms with Crippen LogP contribution < -0.4 is 0 Å². The molecule has 0 atom stereocenters. The summed E-state index contributed by atoms with van der Waals surface area (Å²) in [4.78, 5) is 0. The second-order valence-corrected chi connectivity index (χ2v) is 3.06. The molecule has 0 aliphatic heterocycles. The molecule has 0 spiro atoms. The average Bonchev–Trinajstić information content (AvgIpc) is 1.96.